The van der Waals surface area contributed by atoms with Crippen molar-refractivity contribution >= 4 is 17.8 Å². The minimum atomic E-state index is -0.918. The summed E-state index contributed by atoms with van der Waals surface area (Å²) in [5.41, 5.74) is -0.417. The quantitative estimate of drug-likeness (QED) is 0.826. The predicted molar refractivity (Wildman–Crippen MR) is 94.1 cm³/mol. The number of hydrogen-bond donors (Lipinski definition) is 2. The van der Waals surface area contributed by atoms with Crippen molar-refractivity contribution in [3.05, 3.63) is 35.9 Å². The van der Waals surface area contributed by atoms with Crippen molar-refractivity contribution in [2.75, 3.05) is 13.1 Å². The number of carboxylic acid groups (broad SMARTS) is 1. The van der Waals surface area contributed by atoms with Crippen molar-refractivity contribution in [1.29, 1.82) is 0 Å². The molecule has 1 aromatic rings. The first-order valence-electron chi connectivity index (χ1n) is 8.66. The maximum atomic E-state index is 12.9. The molecule has 1 aliphatic heterocycles. The lowest BCUT2D eigenvalue weighted by atomic mass is 9.90. The van der Waals surface area contributed by atoms with Gasteiger partial charge in [0.2, 0.25) is 5.91 Å². The Morgan fingerprint density at radius 1 is 1.28 bits per heavy atom. The van der Waals surface area contributed by atoms with Crippen molar-refractivity contribution in [1.82, 2.24) is 10.2 Å². The summed E-state index contributed by atoms with van der Waals surface area (Å²) >= 11 is 0. The summed E-state index contributed by atoms with van der Waals surface area (Å²) in [7, 11) is 0. The molecule has 0 spiro atoms. The molecule has 1 fully saturated rings. The smallest absolute Gasteiger partial charge is 0.311 e. The fraction of sp³-hybridized carbons (Fsp3) is 0.526. The van der Waals surface area contributed by atoms with Crippen LogP contribution in [0.3, 0.4) is 0 Å². The zero-order valence-electron chi connectivity index (χ0n) is 15.0. The number of carboxylic acids is 1. The molecule has 1 heterocycles. The van der Waals surface area contributed by atoms with Crippen LogP contribution >= 0.6 is 0 Å². The van der Waals surface area contributed by atoms with Gasteiger partial charge in [-0.2, -0.15) is 0 Å². The number of likely N-dealkylation sites (tertiary alicyclic amines) is 1. The van der Waals surface area contributed by atoms with Crippen LogP contribution in [0.2, 0.25) is 0 Å². The van der Waals surface area contributed by atoms with E-state index in [0.717, 1.165) is 6.42 Å². The third-order valence-electron chi connectivity index (χ3n) is 5.10. The first-order valence-corrected chi connectivity index (χ1v) is 8.66. The van der Waals surface area contributed by atoms with Crippen molar-refractivity contribution < 1.29 is 19.5 Å². The van der Waals surface area contributed by atoms with Crippen LogP contribution in [0.25, 0.3) is 0 Å². The van der Waals surface area contributed by atoms with Gasteiger partial charge in [0.05, 0.1) is 5.41 Å². The molecule has 0 saturated carbocycles. The Kier molecular flexibility index (Phi) is 5.82. The molecule has 136 valence electrons. The van der Waals surface area contributed by atoms with Gasteiger partial charge in [-0.3, -0.25) is 14.4 Å². The molecule has 2 N–H and O–H groups in total. The van der Waals surface area contributed by atoms with Gasteiger partial charge in [-0.05, 0) is 31.4 Å². The van der Waals surface area contributed by atoms with E-state index in [1.165, 1.54) is 0 Å². The van der Waals surface area contributed by atoms with Crippen LogP contribution in [-0.4, -0.2) is 46.9 Å². The molecule has 2 amide bonds. The largest absolute Gasteiger partial charge is 0.481 e. The number of benzene rings is 1. The Morgan fingerprint density at radius 2 is 1.92 bits per heavy atom. The highest BCUT2D eigenvalue weighted by Crippen LogP contribution is 2.31. The van der Waals surface area contributed by atoms with Crippen LogP contribution in [0.1, 0.15) is 44.0 Å². The van der Waals surface area contributed by atoms with E-state index in [1.807, 2.05) is 19.9 Å². The fourth-order valence-corrected chi connectivity index (χ4v) is 3.02. The van der Waals surface area contributed by atoms with Crippen LogP contribution < -0.4 is 5.32 Å². The summed E-state index contributed by atoms with van der Waals surface area (Å²) < 4.78 is 0. The van der Waals surface area contributed by atoms with Gasteiger partial charge in [0.25, 0.3) is 5.91 Å². The molecule has 3 atom stereocenters. The summed E-state index contributed by atoms with van der Waals surface area (Å²) in [6.45, 7) is 6.11. The molecule has 6 heteroatoms. The van der Waals surface area contributed by atoms with Gasteiger partial charge in [0, 0.05) is 18.7 Å². The number of amides is 2. The van der Waals surface area contributed by atoms with E-state index in [-0.39, 0.29) is 24.3 Å². The Labute approximate surface area is 148 Å². The van der Waals surface area contributed by atoms with Gasteiger partial charge < -0.3 is 15.3 Å². The number of aliphatic carboxylic acids is 1. The van der Waals surface area contributed by atoms with E-state index in [0.29, 0.717) is 18.5 Å². The van der Waals surface area contributed by atoms with E-state index in [9.17, 15) is 19.5 Å². The van der Waals surface area contributed by atoms with Crippen LogP contribution in [0.15, 0.2) is 30.3 Å². The van der Waals surface area contributed by atoms with Gasteiger partial charge >= 0.3 is 5.97 Å². The number of carbonyl (C=O) groups excluding carboxylic acids is 2. The normalized spacial score (nSPS) is 22.3. The predicted octanol–water partition coefficient (Wildman–Crippen LogP) is 2.15. The van der Waals surface area contributed by atoms with E-state index in [4.69, 9.17) is 0 Å². The molecule has 0 radical (unpaired) electrons. The molecule has 6 nitrogen and oxygen atoms in total. The van der Waals surface area contributed by atoms with Crippen LogP contribution in [0.5, 0.6) is 0 Å². The van der Waals surface area contributed by atoms with Crippen LogP contribution in [0, 0.1) is 11.3 Å². The molecule has 3 unspecified atom stereocenters. The molecule has 0 bridgehead atoms. The number of nitrogens with zero attached hydrogens (tertiary/aromatic N) is 1. The molecule has 0 aromatic heterocycles. The average molecular weight is 346 g/mol. The second-order valence-electron chi connectivity index (χ2n) is 7.08. The van der Waals surface area contributed by atoms with Gasteiger partial charge in [0.15, 0.2) is 0 Å². The number of nitrogens with one attached hydrogen (secondary N) is 1. The third-order valence-corrected chi connectivity index (χ3v) is 5.10. The number of hydrogen-bond acceptors (Lipinski definition) is 3. The minimum absolute atomic E-state index is 0.0446. The van der Waals surface area contributed by atoms with Crippen molar-refractivity contribution in [2.24, 2.45) is 11.3 Å². The minimum Gasteiger partial charge on any atom is -0.481 e. The molecule has 1 aromatic carbocycles. The highest BCUT2D eigenvalue weighted by atomic mass is 16.4. The summed E-state index contributed by atoms with van der Waals surface area (Å²) in [5.74, 6) is -1.43. The molecule has 1 aliphatic rings. The van der Waals surface area contributed by atoms with Gasteiger partial charge in [0.1, 0.15) is 6.04 Å². The number of carbonyl (C=O) groups is 3. The SMILES string of the molecule is CCC(C)C(NC(=O)c1ccccc1)C(=O)N1CCC(C)(C(=O)O)C1. The fourth-order valence-electron chi connectivity index (χ4n) is 3.02. The highest BCUT2D eigenvalue weighted by molar-refractivity contribution is 5.97. The maximum absolute atomic E-state index is 12.9. The molecule has 25 heavy (non-hydrogen) atoms. The van der Waals surface area contributed by atoms with Crippen LogP contribution in [0.4, 0.5) is 0 Å². The molecule has 1 saturated heterocycles. The summed E-state index contributed by atoms with van der Waals surface area (Å²) in [6, 6.07) is 8.11. The summed E-state index contributed by atoms with van der Waals surface area (Å²) in [5, 5.41) is 12.2. The molecular weight excluding hydrogens is 320 g/mol. The van der Waals surface area contributed by atoms with E-state index in [1.54, 1.807) is 36.1 Å². The Bertz CT molecular complexity index is 646. The first-order chi connectivity index (χ1) is 11.8. The Balaban J connectivity index is 2.13. The Morgan fingerprint density at radius 3 is 2.44 bits per heavy atom. The topological polar surface area (TPSA) is 86.7 Å². The Hall–Kier alpha value is -2.37. The van der Waals surface area contributed by atoms with Gasteiger partial charge in [-0.1, -0.05) is 38.5 Å². The lowest BCUT2D eigenvalue weighted by molar-refractivity contribution is -0.147. The highest BCUT2D eigenvalue weighted by Gasteiger charge is 2.44. The van der Waals surface area contributed by atoms with Crippen molar-refractivity contribution in [3.63, 3.8) is 0 Å². The zero-order valence-corrected chi connectivity index (χ0v) is 15.0. The second-order valence-corrected chi connectivity index (χ2v) is 7.08. The standard InChI is InChI=1S/C19H26N2O4/c1-4-13(2)15(20-16(22)14-8-6-5-7-9-14)17(23)21-11-10-19(3,12-21)18(24)25/h5-9,13,15H,4,10-12H2,1-3H3,(H,20,22)(H,24,25). The van der Waals surface area contributed by atoms with Crippen LogP contribution in [-0.2, 0) is 9.59 Å². The molecular formula is C19H26N2O4. The maximum Gasteiger partial charge on any atom is 0.311 e. The second kappa shape index (κ2) is 7.68. The monoisotopic (exact) mass is 346 g/mol. The van der Waals surface area contributed by atoms with Gasteiger partial charge in [-0.15, -0.1) is 0 Å². The lowest BCUT2D eigenvalue weighted by Gasteiger charge is -2.29. The van der Waals surface area contributed by atoms with E-state index in [2.05, 4.69) is 5.32 Å². The first kappa shape index (κ1) is 19.0. The van der Waals surface area contributed by atoms with Gasteiger partial charge in [-0.25, -0.2) is 0 Å². The third kappa shape index (κ3) is 4.18. The van der Waals surface area contributed by atoms with E-state index < -0.39 is 17.4 Å². The molecule has 2 rings (SSSR count). The summed E-state index contributed by atoms with van der Waals surface area (Å²) in [6.07, 6.45) is 1.16. The zero-order chi connectivity index (χ0) is 18.6. The lowest BCUT2D eigenvalue weighted by Crippen LogP contribution is -2.51. The van der Waals surface area contributed by atoms with Crippen molar-refractivity contribution in [2.45, 2.75) is 39.7 Å². The summed E-state index contributed by atoms with van der Waals surface area (Å²) in [4.78, 5) is 38.4. The molecule has 0 aliphatic carbocycles. The number of rotatable bonds is 6. The van der Waals surface area contributed by atoms with E-state index >= 15 is 0 Å². The average Bonchev–Trinajstić information content (AvgIpc) is 3.03. The van der Waals surface area contributed by atoms with Crippen molar-refractivity contribution in [3.8, 4) is 0 Å².